The van der Waals surface area contributed by atoms with Crippen LogP contribution in [0, 0.1) is 5.41 Å². The zero-order chi connectivity index (χ0) is 14.3. The molecular formula is C15H27N3O. The molecule has 1 aromatic rings. The summed E-state index contributed by atoms with van der Waals surface area (Å²) in [6, 6.07) is 5.83. The van der Waals surface area contributed by atoms with Gasteiger partial charge in [0, 0.05) is 13.1 Å². The van der Waals surface area contributed by atoms with Crippen LogP contribution in [0.1, 0.15) is 40.5 Å². The van der Waals surface area contributed by atoms with Gasteiger partial charge >= 0.3 is 0 Å². The fourth-order valence-electron chi connectivity index (χ4n) is 1.89. The van der Waals surface area contributed by atoms with Crippen molar-refractivity contribution in [3.05, 3.63) is 18.2 Å². The van der Waals surface area contributed by atoms with Crippen LogP contribution in [-0.2, 0) is 0 Å². The molecule has 0 amide bonds. The van der Waals surface area contributed by atoms with E-state index in [1.807, 2.05) is 18.2 Å². The second-order valence-corrected chi connectivity index (χ2v) is 6.13. The summed E-state index contributed by atoms with van der Waals surface area (Å²) in [7, 11) is 0. The standard InChI is InChI=1S/C15H27N3O/c1-5-9-16-13-7-6-8-14(18-13)17-11-12(19)10-15(2,3)4/h6-8,12,19H,5,9-11H2,1-4H3,(H2,16,17,18). The van der Waals surface area contributed by atoms with Crippen molar-refractivity contribution < 1.29 is 5.11 Å². The third-order valence-electron chi connectivity index (χ3n) is 2.67. The molecule has 4 nitrogen and oxygen atoms in total. The van der Waals surface area contributed by atoms with E-state index in [-0.39, 0.29) is 11.5 Å². The summed E-state index contributed by atoms with van der Waals surface area (Å²) >= 11 is 0. The number of aliphatic hydroxyl groups excluding tert-OH is 1. The van der Waals surface area contributed by atoms with Crippen LogP contribution in [0.5, 0.6) is 0 Å². The molecule has 0 aliphatic carbocycles. The predicted molar refractivity (Wildman–Crippen MR) is 81.6 cm³/mol. The van der Waals surface area contributed by atoms with Gasteiger partial charge in [0.2, 0.25) is 0 Å². The molecule has 108 valence electrons. The van der Waals surface area contributed by atoms with Crippen LogP contribution in [0.25, 0.3) is 0 Å². The topological polar surface area (TPSA) is 57.2 Å². The molecule has 1 unspecified atom stereocenters. The van der Waals surface area contributed by atoms with Gasteiger partial charge in [-0.3, -0.25) is 0 Å². The second-order valence-electron chi connectivity index (χ2n) is 6.13. The molecule has 0 spiro atoms. The second kappa shape index (κ2) is 7.34. The highest BCUT2D eigenvalue weighted by Gasteiger charge is 2.16. The molecule has 0 aliphatic heterocycles. The fourth-order valence-corrected chi connectivity index (χ4v) is 1.89. The lowest BCUT2D eigenvalue weighted by atomic mass is 9.89. The first kappa shape index (κ1) is 15.8. The van der Waals surface area contributed by atoms with Gasteiger partial charge in [-0.25, -0.2) is 4.98 Å². The molecular weight excluding hydrogens is 238 g/mol. The maximum atomic E-state index is 9.95. The molecule has 0 bridgehead atoms. The molecule has 0 fully saturated rings. The third kappa shape index (κ3) is 7.01. The number of anilines is 2. The number of pyridine rings is 1. The van der Waals surface area contributed by atoms with E-state index in [9.17, 15) is 5.11 Å². The molecule has 0 aromatic carbocycles. The summed E-state index contributed by atoms with van der Waals surface area (Å²) < 4.78 is 0. The number of nitrogens with one attached hydrogen (secondary N) is 2. The van der Waals surface area contributed by atoms with E-state index in [1.165, 1.54) is 0 Å². The maximum absolute atomic E-state index is 9.95. The Bertz CT molecular complexity index is 374. The van der Waals surface area contributed by atoms with Gasteiger partial charge in [0.15, 0.2) is 0 Å². The van der Waals surface area contributed by atoms with Crippen molar-refractivity contribution in [2.75, 3.05) is 23.7 Å². The summed E-state index contributed by atoms with van der Waals surface area (Å²) in [5.41, 5.74) is 0.138. The lowest BCUT2D eigenvalue weighted by molar-refractivity contribution is 0.132. The minimum Gasteiger partial charge on any atom is -0.391 e. The Morgan fingerprint density at radius 2 is 1.84 bits per heavy atom. The molecule has 0 saturated heterocycles. The molecule has 19 heavy (non-hydrogen) atoms. The van der Waals surface area contributed by atoms with Crippen LogP contribution in [0.3, 0.4) is 0 Å². The highest BCUT2D eigenvalue weighted by Crippen LogP contribution is 2.20. The summed E-state index contributed by atoms with van der Waals surface area (Å²) in [4.78, 5) is 4.45. The average Bonchev–Trinajstić information content (AvgIpc) is 2.32. The highest BCUT2D eigenvalue weighted by atomic mass is 16.3. The van der Waals surface area contributed by atoms with Gasteiger partial charge in [0.05, 0.1) is 6.10 Å². The van der Waals surface area contributed by atoms with E-state index < -0.39 is 0 Å². The SMILES string of the molecule is CCCNc1cccc(NCC(O)CC(C)(C)C)n1. The largest absolute Gasteiger partial charge is 0.391 e. The first-order valence-corrected chi connectivity index (χ1v) is 7.03. The Kier molecular flexibility index (Phi) is 6.09. The van der Waals surface area contributed by atoms with Crippen LogP contribution < -0.4 is 10.6 Å². The van der Waals surface area contributed by atoms with Crippen LogP contribution in [-0.4, -0.2) is 29.3 Å². The highest BCUT2D eigenvalue weighted by molar-refractivity contribution is 5.45. The van der Waals surface area contributed by atoms with Crippen LogP contribution in [0.2, 0.25) is 0 Å². The summed E-state index contributed by atoms with van der Waals surface area (Å²) in [5, 5.41) is 16.4. The summed E-state index contributed by atoms with van der Waals surface area (Å²) in [6.07, 6.45) is 1.49. The average molecular weight is 265 g/mol. The van der Waals surface area contributed by atoms with Crippen molar-refractivity contribution in [2.24, 2.45) is 5.41 Å². The molecule has 0 aliphatic rings. The Hall–Kier alpha value is -1.29. The van der Waals surface area contributed by atoms with Gasteiger partial charge in [-0.1, -0.05) is 33.8 Å². The lowest BCUT2D eigenvalue weighted by Crippen LogP contribution is -2.25. The molecule has 3 N–H and O–H groups in total. The molecule has 1 aromatic heterocycles. The number of nitrogens with zero attached hydrogens (tertiary/aromatic N) is 1. The van der Waals surface area contributed by atoms with Crippen molar-refractivity contribution in [3.8, 4) is 0 Å². The number of aromatic nitrogens is 1. The van der Waals surface area contributed by atoms with Crippen molar-refractivity contribution in [1.82, 2.24) is 4.98 Å². The number of rotatable bonds is 7. The van der Waals surface area contributed by atoms with Crippen molar-refractivity contribution in [3.63, 3.8) is 0 Å². The number of aliphatic hydroxyl groups is 1. The number of hydrogen-bond acceptors (Lipinski definition) is 4. The maximum Gasteiger partial charge on any atom is 0.128 e. The lowest BCUT2D eigenvalue weighted by Gasteiger charge is -2.22. The minimum atomic E-state index is -0.353. The van der Waals surface area contributed by atoms with Gasteiger partial charge in [-0.05, 0) is 30.4 Å². The van der Waals surface area contributed by atoms with E-state index in [2.05, 4.69) is 43.3 Å². The van der Waals surface area contributed by atoms with Gasteiger partial charge in [0.1, 0.15) is 11.6 Å². The van der Waals surface area contributed by atoms with Crippen molar-refractivity contribution in [1.29, 1.82) is 0 Å². The van der Waals surface area contributed by atoms with Gasteiger partial charge < -0.3 is 15.7 Å². The summed E-state index contributed by atoms with van der Waals surface area (Å²) in [6.45, 7) is 9.96. The molecule has 1 atom stereocenters. The predicted octanol–water partition coefficient (Wildman–Crippen LogP) is 3.11. The monoisotopic (exact) mass is 265 g/mol. The van der Waals surface area contributed by atoms with Crippen molar-refractivity contribution >= 4 is 11.6 Å². The molecule has 0 saturated carbocycles. The fraction of sp³-hybridized carbons (Fsp3) is 0.667. The van der Waals surface area contributed by atoms with Crippen LogP contribution in [0.4, 0.5) is 11.6 Å². The Morgan fingerprint density at radius 3 is 2.42 bits per heavy atom. The van der Waals surface area contributed by atoms with E-state index in [0.717, 1.165) is 31.0 Å². The van der Waals surface area contributed by atoms with Crippen LogP contribution >= 0.6 is 0 Å². The number of hydrogen-bond donors (Lipinski definition) is 3. The molecule has 1 heterocycles. The normalized spacial score (nSPS) is 13.1. The zero-order valence-electron chi connectivity index (χ0n) is 12.5. The Balaban J connectivity index is 2.44. The van der Waals surface area contributed by atoms with E-state index in [1.54, 1.807) is 0 Å². The summed E-state index contributed by atoms with van der Waals surface area (Å²) in [5.74, 6) is 1.67. The third-order valence-corrected chi connectivity index (χ3v) is 2.67. The molecule has 4 heteroatoms. The Labute approximate surface area is 116 Å². The van der Waals surface area contributed by atoms with E-state index >= 15 is 0 Å². The van der Waals surface area contributed by atoms with Gasteiger partial charge in [-0.2, -0.15) is 0 Å². The zero-order valence-corrected chi connectivity index (χ0v) is 12.5. The molecule has 0 radical (unpaired) electrons. The first-order valence-electron chi connectivity index (χ1n) is 7.03. The smallest absolute Gasteiger partial charge is 0.128 e. The van der Waals surface area contributed by atoms with Crippen LogP contribution in [0.15, 0.2) is 18.2 Å². The van der Waals surface area contributed by atoms with Gasteiger partial charge in [0.25, 0.3) is 0 Å². The van der Waals surface area contributed by atoms with E-state index in [0.29, 0.717) is 6.54 Å². The minimum absolute atomic E-state index is 0.138. The first-order chi connectivity index (χ1) is 8.90. The van der Waals surface area contributed by atoms with Gasteiger partial charge in [-0.15, -0.1) is 0 Å². The Morgan fingerprint density at radius 1 is 1.21 bits per heavy atom. The van der Waals surface area contributed by atoms with E-state index in [4.69, 9.17) is 0 Å². The quantitative estimate of drug-likeness (QED) is 0.709. The van der Waals surface area contributed by atoms with Crippen molar-refractivity contribution in [2.45, 2.75) is 46.6 Å². The molecule has 1 rings (SSSR count).